The van der Waals surface area contributed by atoms with Gasteiger partial charge in [-0.3, -0.25) is 19.2 Å². The largest absolute Gasteiger partial charge is 0.456 e. The molecular formula is C44H47NO14. The van der Waals surface area contributed by atoms with Crippen molar-refractivity contribution in [2.45, 2.75) is 114 Å². The molecule has 0 aromatic heterocycles. The van der Waals surface area contributed by atoms with Crippen LogP contribution in [0.2, 0.25) is 0 Å². The van der Waals surface area contributed by atoms with E-state index >= 15 is 4.79 Å². The number of fused-ring (bicyclic) bond motifs is 2. The van der Waals surface area contributed by atoms with Crippen LogP contribution >= 0.6 is 0 Å². The van der Waals surface area contributed by atoms with Crippen LogP contribution in [0.5, 0.6) is 0 Å². The van der Waals surface area contributed by atoms with Gasteiger partial charge in [-0.1, -0.05) is 61.5 Å². The lowest BCUT2D eigenvalue weighted by Gasteiger charge is -2.67. The van der Waals surface area contributed by atoms with Crippen LogP contribution in [-0.2, 0) is 52.4 Å². The SMILES string of the molecule is C/C=C(\C)C(=O)N[C@@H](c1ccccc1)[C@@H](O)C(=O)O[C@@H]1C(C)=C2[C@@H](OC(C)=O)C(=O)[C@]34O[C@H]3C[C@H]3OC[C@@]3(OC(C)=O)[C@H]4[C@H](OC(=O)c3ccccc3)C3(O)CC1C23C. The van der Waals surface area contributed by atoms with E-state index < -0.39 is 112 Å². The summed E-state index contributed by atoms with van der Waals surface area (Å²) in [5, 5.41) is 27.7. The molecule has 3 saturated carbocycles. The van der Waals surface area contributed by atoms with E-state index in [0.717, 1.165) is 6.92 Å². The number of epoxide rings is 1. The number of hydrogen-bond acceptors (Lipinski definition) is 14. The van der Waals surface area contributed by atoms with Crippen molar-refractivity contribution in [1.82, 2.24) is 5.32 Å². The van der Waals surface area contributed by atoms with Gasteiger partial charge in [0, 0.05) is 37.2 Å². The molecule has 3 unspecified atom stereocenters. The number of Topliss-reactive ketones (excluding diaryl/α,β-unsaturated/α-hetero) is 1. The molecule has 2 saturated heterocycles. The quantitative estimate of drug-likeness (QED) is 0.104. The molecule has 6 aliphatic rings. The van der Waals surface area contributed by atoms with Crippen LogP contribution < -0.4 is 5.32 Å². The van der Waals surface area contributed by atoms with Crippen molar-refractivity contribution in [2.24, 2.45) is 17.3 Å². The number of aliphatic hydroxyl groups is 2. The average Bonchev–Trinajstić information content (AvgIpc) is 3.91. The van der Waals surface area contributed by atoms with E-state index in [2.05, 4.69) is 5.32 Å². The number of benzene rings is 2. The van der Waals surface area contributed by atoms with Gasteiger partial charge in [-0.05, 0) is 56.0 Å². The average molecular weight is 814 g/mol. The number of aliphatic hydroxyl groups excluding tert-OH is 1. The van der Waals surface area contributed by atoms with E-state index in [1.807, 2.05) is 0 Å². The maximum atomic E-state index is 15.3. The predicted octanol–water partition coefficient (Wildman–Crippen LogP) is 2.77. The van der Waals surface area contributed by atoms with Gasteiger partial charge in [-0.25, -0.2) is 9.59 Å². The minimum absolute atomic E-state index is 0.114. The maximum absolute atomic E-state index is 15.3. The highest BCUT2D eigenvalue weighted by Crippen LogP contribution is 2.74. The van der Waals surface area contributed by atoms with Crippen molar-refractivity contribution in [3.63, 3.8) is 0 Å². The predicted molar refractivity (Wildman–Crippen MR) is 203 cm³/mol. The number of ether oxygens (including phenoxy) is 6. The van der Waals surface area contributed by atoms with Crippen LogP contribution in [0.25, 0.3) is 0 Å². The molecular weight excluding hydrogens is 766 g/mol. The summed E-state index contributed by atoms with van der Waals surface area (Å²) in [6.45, 7) is 8.61. The van der Waals surface area contributed by atoms with Gasteiger partial charge in [-0.15, -0.1) is 0 Å². The zero-order valence-electron chi connectivity index (χ0n) is 33.5. The van der Waals surface area contributed by atoms with Gasteiger partial charge in [0.05, 0.1) is 30.2 Å². The van der Waals surface area contributed by atoms with Gasteiger partial charge in [-0.2, -0.15) is 0 Å². The highest BCUT2D eigenvalue weighted by atomic mass is 16.7. The van der Waals surface area contributed by atoms with Gasteiger partial charge >= 0.3 is 23.9 Å². The van der Waals surface area contributed by atoms with Gasteiger partial charge in [0.25, 0.3) is 0 Å². The molecule has 59 heavy (non-hydrogen) atoms. The van der Waals surface area contributed by atoms with Gasteiger partial charge in [0.2, 0.25) is 11.7 Å². The third kappa shape index (κ3) is 5.83. The van der Waals surface area contributed by atoms with Crippen molar-refractivity contribution in [3.8, 4) is 0 Å². The first-order valence-electron chi connectivity index (χ1n) is 19.7. The Balaban J connectivity index is 1.24. The van der Waals surface area contributed by atoms with Crippen LogP contribution in [0.1, 0.15) is 76.3 Å². The number of hydrogen-bond donors (Lipinski definition) is 3. The molecule has 5 fully saturated rings. The lowest BCUT2D eigenvalue weighted by atomic mass is 9.42. The Bertz CT molecular complexity index is 2190. The lowest BCUT2D eigenvalue weighted by molar-refractivity contribution is -0.330. The summed E-state index contributed by atoms with van der Waals surface area (Å²) in [6.07, 6.45) is -6.51. The Morgan fingerprint density at radius 3 is 2.19 bits per heavy atom. The van der Waals surface area contributed by atoms with Gasteiger partial charge in [0.1, 0.15) is 23.9 Å². The molecule has 1 spiro atoms. The standard InChI is InChI=1S/C44H47NO14/c1-7-21(2)38(50)45-31(25-14-10-8-11-15-25)32(48)40(52)56-33-22(3)30-34(55-23(4)46)36(49)44-29(59-44)18-28-42(20-54-28,58-24(5)47)35(44)37(43(53)19-27(33)41(30,43)6)57-39(51)26-16-12-9-13-17-26/h7-17,27-29,31-35,37,48,53H,18-20H2,1-6H3,(H,45,50)/b21-7+/t27?,28-,29+,31+,32-,33-,34-,35-,37+,41?,42+,43?,44+/m1/s1. The molecule has 1 amide bonds. The fourth-order valence-corrected chi connectivity index (χ4v) is 10.7. The highest BCUT2D eigenvalue weighted by molar-refractivity contribution is 6.00. The first-order valence-corrected chi connectivity index (χ1v) is 19.7. The van der Waals surface area contributed by atoms with Crippen LogP contribution in [-0.4, -0.2) is 106 Å². The van der Waals surface area contributed by atoms with Gasteiger partial charge in [0.15, 0.2) is 23.4 Å². The second-order valence-corrected chi connectivity index (χ2v) is 16.7. The third-order valence-corrected chi connectivity index (χ3v) is 13.7. The summed E-state index contributed by atoms with van der Waals surface area (Å²) in [6, 6.07) is 15.2. The first kappa shape index (κ1) is 40.6. The Labute approximate surface area is 340 Å². The second kappa shape index (κ2) is 14.2. The number of ketones is 1. The summed E-state index contributed by atoms with van der Waals surface area (Å²) in [4.78, 5) is 82.3. The Morgan fingerprint density at radius 1 is 0.932 bits per heavy atom. The van der Waals surface area contributed by atoms with Gasteiger partial charge < -0.3 is 44.0 Å². The van der Waals surface area contributed by atoms with Crippen molar-refractivity contribution in [3.05, 3.63) is 94.6 Å². The second-order valence-electron chi connectivity index (χ2n) is 16.7. The normalized spacial score (nSPS) is 37.2. The summed E-state index contributed by atoms with van der Waals surface area (Å²) in [7, 11) is 0. The number of carbonyl (C=O) groups excluding carboxylic acids is 6. The van der Waals surface area contributed by atoms with E-state index in [1.54, 1.807) is 82.3 Å². The van der Waals surface area contributed by atoms with Crippen molar-refractivity contribution < 1.29 is 67.4 Å². The van der Waals surface area contributed by atoms with Crippen molar-refractivity contribution in [2.75, 3.05) is 6.61 Å². The van der Waals surface area contributed by atoms with E-state index in [4.69, 9.17) is 28.4 Å². The summed E-state index contributed by atoms with van der Waals surface area (Å²) in [5.41, 5.74) is -5.82. The number of allylic oxidation sites excluding steroid dienone is 1. The molecule has 0 radical (unpaired) electrons. The molecule has 2 heterocycles. The first-order chi connectivity index (χ1) is 28.0. The van der Waals surface area contributed by atoms with E-state index in [0.29, 0.717) is 11.1 Å². The number of nitrogens with one attached hydrogen (secondary N) is 1. The zero-order valence-corrected chi connectivity index (χ0v) is 33.5. The summed E-state index contributed by atoms with van der Waals surface area (Å²) >= 11 is 0. The monoisotopic (exact) mass is 813 g/mol. The fourth-order valence-electron chi connectivity index (χ4n) is 10.7. The van der Waals surface area contributed by atoms with Crippen molar-refractivity contribution in [1.29, 1.82) is 0 Å². The highest BCUT2D eigenvalue weighted by Gasteiger charge is 2.89. The molecule has 2 aliphatic heterocycles. The molecule has 312 valence electrons. The van der Waals surface area contributed by atoms with Crippen LogP contribution in [0.4, 0.5) is 0 Å². The lowest BCUT2D eigenvalue weighted by Crippen LogP contribution is -2.82. The molecule has 13 atom stereocenters. The van der Waals surface area contributed by atoms with E-state index in [-0.39, 0.29) is 36.2 Å². The number of rotatable bonds is 10. The van der Waals surface area contributed by atoms with E-state index in [9.17, 15) is 34.2 Å². The molecule has 3 N–H and O–H groups in total. The minimum Gasteiger partial charge on any atom is -0.456 e. The Kier molecular flexibility index (Phi) is 9.77. The summed E-state index contributed by atoms with van der Waals surface area (Å²) in [5.74, 6) is -6.86. The third-order valence-electron chi connectivity index (χ3n) is 13.7. The molecule has 15 heteroatoms. The van der Waals surface area contributed by atoms with Crippen LogP contribution in [0, 0.1) is 17.3 Å². The molecule has 8 rings (SSSR count). The molecule has 15 nitrogen and oxygen atoms in total. The topological polar surface area (TPSA) is 214 Å². The molecule has 2 aromatic rings. The van der Waals surface area contributed by atoms with Crippen molar-refractivity contribution >= 4 is 35.6 Å². The van der Waals surface area contributed by atoms with E-state index in [1.165, 1.54) is 19.1 Å². The molecule has 2 aromatic carbocycles. The Morgan fingerprint density at radius 2 is 1.59 bits per heavy atom. The molecule has 0 bridgehead atoms. The smallest absolute Gasteiger partial charge is 0.338 e. The summed E-state index contributed by atoms with van der Waals surface area (Å²) < 4.78 is 36.7. The van der Waals surface area contributed by atoms with Crippen LogP contribution in [0.15, 0.2) is 83.5 Å². The minimum atomic E-state index is -2.08. The maximum Gasteiger partial charge on any atom is 0.338 e. The number of esters is 4. The number of amides is 1. The molecule has 4 aliphatic carbocycles. The zero-order chi connectivity index (χ0) is 42.4. The fraction of sp³-hybridized carbons (Fsp3) is 0.500. The Hall–Kier alpha value is -5.22. The number of carbonyl (C=O) groups is 6. The van der Waals surface area contributed by atoms with Crippen LogP contribution in [0.3, 0.4) is 0 Å².